The molecule has 0 aromatic heterocycles. The maximum atomic E-state index is 6.71. The van der Waals surface area contributed by atoms with Crippen LogP contribution >= 0.6 is 92.8 Å². The van der Waals surface area contributed by atoms with Crippen LogP contribution in [0, 0.1) is 0 Å². The monoisotopic (exact) mass is 732 g/mol. The molecule has 2 aromatic rings. The second kappa shape index (κ2) is 11.1. The maximum absolute atomic E-state index is 6.71. The largest absolute Gasteiger partial charge is 0.541 e. The zero-order valence-corrected chi connectivity index (χ0v) is 29.6. The third-order valence-corrected chi connectivity index (χ3v) is 10.6. The molecule has 0 unspecified atom stereocenters. The van der Waals surface area contributed by atoms with Gasteiger partial charge in [0.15, 0.2) is 31.3 Å². The summed E-state index contributed by atoms with van der Waals surface area (Å²) in [6.45, 7) is 11.9. The zero-order chi connectivity index (χ0) is 29.3. The lowest BCUT2D eigenvalue weighted by Crippen LogP contribution is -2.73. The molecular weight excluding hydrogens is 712 g/mol. The standard InChI is InChI=1S/C23H24Cl8O6Si2/c1-38(2,3)36-21-17(31)13(27)12(26)16(30)20(21)34-22-8-7-9-32-23(22,37-39(4,5)6)35-19-15(29)11(25)10(24)14(28)18(19)33-22/h7-9H2,1-6H3/t22-,23-/m0/s1. The first kappa shape index (κ1) is 32.2. The molecule has 216 valence electrons. The quantitative estimate of drug-likeness (QED) is 0.167. The summed E-state index contributed by atoms with van der Waals surface area (Å²) >= 11 is 52.0. The molecule has 1 fully saturated rings. The van der Waals surface area contributed by atoms with E-state index in [0.717, 1.165) is 0 Å². The van der Waals surface area contributed by atoms with E-state index in [1.165, 1.54) is 0 Å². The van der Waals surface area contributed by atoms with Crippen molar-refractivity contribution in [1.82, 2.24) is 0 Å². The number of halogens is 8. The zero-order valence-electron chi connectivity index (χ0n) is 21.6. The molecule has 2 aromatic carbocycles. The average molecular weight is 736 g/mol. The van der Waals surface area contributed by atoms with Crippen LogP contribution in [0.4, 0.5) is 0 Å². The predicted octanol–water partition coefficient (Wildman–Crippen LogP) is 11.0. The van der Waals surface area contributed by atoms with Crippen molar-refractivity contribution in [3.63, 3.8) is 0 Å². The number of fused-ring (bicyclic) bond motifs is 2. The van der Waals surface area contributed by atoms with Gasteiger partial charge in [0.05, 0.1) is 26.7 Å². The van der Waals surface area contributed by atoms with E-state index < -0.39 is 28.4 Å². The van der Waals surface area contributed by atoms with E-state index in [0.29, 0.717) is 6.42 Å². The van der Waals surface area contributed by atoms with Crippen LogP contribution in [0.2, 0.25) is 79.5 Å². The van der Waals surface area contributed by atoms with Crippen LogP contribution in [-0.4, -0.2) is 35.0 Å². The first-order valence-corrected chi connectivity index (χ1v) is 21.5. The second-order valence-corrected chi connectivity index (χ2v) is 22.7. The van der Waals surface area contributed by atoms with Crippen LogP contribution in [0.5, 0.6) is 23.0 Å². The average Bonchev–Trinajstić information content (AvgIpc) is 2.83. The highest BCUT2D eigenvalue weighted by molar-refractivity contribution is 6.71. The van der Waals surface area contributed by atoms with E-state index in [4.69, 9.17) is 121 Å². The van der Waals surface area contributed by atoms with Crippen molar-refractivity contribution in [2.75, 3.05) is 6.61 Å². The third-order valence-electron chi connectivity index (χ3n) is 5.39. The SMILES string of the molecule is C[Si](C)(C)Oc1c(Cl)c(Cl)c(Cl)c(Cl)c1O[C@@]12CCCO[C@]1(O[Si](C)(C)C)Oc1c(Cl)c(Cl)c(Cl)c(Cl)c1O2. The number of benzene rings is 2. The molecule has 0 N–H and O–H groups in total. The molecule has 16 heteroatoms. The molecule has 0 radical (unpaired) electrons. The predicted molar refractivity (Wildman–Crippen MR) is 164 cm³/mol. The molecule has 4 rings (SSSR count). The lowest BCUT2D eigenvalue weighted by Gasteiger charge is -2.53. The molecule has 0 aliphatic carbocycles. The summed E-state index contributed by atoms with van der Waals surface area (Å²) in [5.74, 6) is -3.83. The maximum Gasteiger partial charge on any atom is 0.400 e. The van der Waals surface area contributed by atoms with Crippen LogP contribution in [0.1, 0.15) is 12.8 Å². The molecule has 2 heterocycles. The molecule has 6 nitrogen and oxygen atoms in total. The Balaban J connectivity index is 2.02. The molecule has 1 saturated heterocycles. The van der Waals surface area contributed by atoms with E-state index in [1.807, 2.05) is 39.3 Å². The molecule has 39 heavy (non-hydrogen) atoms. The van der Waals surface area contributed by atoms with Gasteiger partial charge in [0.2, 0.25) is 8.32 Å². The van der Waals surface area contributed by atoms with E-state index in [2.05, 4.69) is 0 Å². The summed E-state index contributed by atoms with van der Waals surface area (Å²) in [7, 11) is -4.78. The van der Waals surface area contributed by atoms with Gasteiger partial charge < -0.3 is 27.8 Å². The van der Waals surface area contributed by atoms with Gasteiger partial charge in [-0.3, -0.25) is 0 Å². The van der Waals surface area contributed by atoms with Gasteiger partial charge >= 0.3 is 11.8 Å². The summed E-state index contributed by atoms with van der Waals surface area (Å²) in [6.07, 6.45) is 0.657. The van der Waals surface area contributed by atoms with Crippen molar-refractivity contribution in [3.8, 4) is 23.0 Å². The Bertz CT molecular complexity index is 1330. The van der Waals surface area contributed by atoms with Gasteiger partial charge in [-0.25, -0.2) is 0 Å². The van der Waals surface area contributed by atoms with Crippen molar-refractivity contribution in [2.45, 2.75) is 63.9 Å². The fraction of sp³-hybridized carbons (Fsp3) is 0.478. The van der Waals surface area contributed by atoms with Crippen molar-refractivity contribution in [3.05, 3.63) is 40.2 Å². The molecule has 0 saturated carbocycles. The smallest absolute Gasteiger partial charge is 0.400 e. The van der Waals surface area contributed by atoms with E-state index in [-0.39, 0.29) is 76.2 Å². The van der Waals surface area contributed by atoms with Gasteiger partial charge in [-0.15, -0.1) is 0 Å². The summed E-state index contributed by atoms with van der Waals surface area (Å²) < 4.78 is 38.6. The normalized spacial score (nSPS) is 22.9. The van der Waals surface area contributed by atoms with Gasteiger partial charge in [-0.05, 0) is 45.7 Å². The third kappa shape index (κ3) is 5.93. The summed E-state index contributed by atoms with van der Waals surface area (Å²) in [4.78, 5) is 0. The highest BCUT2D eigenvalue weighted by atomic mass is 35.5. The van der Waals surface area contributed by atoms with Crippen molar-refractivity contribution in [2.24, 2.45) is 0 Å². The minimum atomic E-state index is -2.47. The van der Waals surface area contributed by atoms with Gasteiger partial charge in [0.25, 0.3) is 0 Å². The number of rotatable bonds is 6. The second-order valence-electron chi connectivity index (χ2n) is 10.8. The number of hydrogen-bond acceptors (Lipinski definition) is 6. The fourth-order valence-corrected chi connectivity index (χ4v) is 7.70. The van der Waals surface area contributed by atoms with Crippen LogP contribution in [0.3, 0.4) is 0 Å². The highest BCUT2D eigenvalue weighted by Gasteiger charge is 2.69. The molecular formula is C23H24Cl8O6Si2. The lowest BCUT2D eigenvalue weighted by atomic mass is 10.0. The minimum Gasteiger partial charge on any atom is -0.541 e. The Kier molecular flexibility index (Phi) is 9.18. The summed E-state index contributed by atoms with van der Waals surface area (Å²) in [6, 6.07) is 0. The fourth-order valence-electron chi connectivity index (χ4n) is 3.98. The highest BCUT2D eigenvalue weighted by Crippen LogP contribution is 2.60. The Labute approximate surface area is 269 Å². The first-order chi connectivity index (χ1) is 17.8. The molecule has 0 spiro atoms. The Morgan fingerprint density at radius 2 is 1.10 bits per heavy atom. The minimum absolute atomic E-state index is 0.00773. The van der Waals surface area contributed by atoms with Crippen LogP contribution in [-0.2, 0) is 9.16 Å². The van der Waals surface area contributed by atoms with Crippen LogP contribution in [0.15, 0.2) is 0 Å². The Morgan fingerprint density at radius 1 is 0.615 bits per heavy atom. The topological polar surface area (TPSA) is 55.4 Å². The number of ether oxygens (including phenoxy) is 4. The van der Waals surface area contributed by atoms with E-state index in [9.17, 15) is 0 Å². The lowest BCUT2D eigenvalue weighted by molar-refractivity contribution is -0.445. The van der Waals surface area contributed by atoms with Crippen molar-refractivity contribution < 1.29 is 27.8 Å². The van der Waals surface area contributed by atoms with Gasteiger partial charge in [-0.2, -0.15) is 0 Å². The molecule has 2 atom stereocenters. The van der Waals surface area contributed by atoms with Crippen LogP contribution < -0.4 is 18.6 Å². The summed E-state index contributed by atoms with van der Waals surface area (Å²) in [5, 5.41) is -0.228. The Morgan fingerprint density at radius 3 is 1.62 bits per heavy atom. The molecule has 0 bridgehead atoms. The number of hydrogen-bond donors (Lipinski definition) is 0. The van der Waals surface area contributed by atoms with E-state index in [1.54, 1.807) is 0 Å². The summed E-state index contributed by atoms with van der Waals surface area (Å²) in [5.41, 5.74) is 0. The van der Waals surface area contributed by atoms with Gasteiger partial charge in [-0.1, -0.05) is 92.8 Å². The van der Waals surface area contributed by atoms with Crippen LogP contribution in [0.25, 0.3) is 0 Å². The first-order valence-electron chi connectivity index (χ1n) is 11.6. The van der Waals surface area contributed by atoms with Gasteiger partial charge in [0, 0.05) is 6.42 Å². The van der Waals surface area contributed by atoms with Crippen molar-refractivity contribution in [1.29, 1.82) is 0 Å². The Hall–Kier alpha value is 0.314. The molecule has 0 amide bonds. The molecule has 2 aliphatic rings. The molecule has 2 aliphatic heterocycles. The van der Waals surface area contributed by atoms with Crippen molar-refractivity contribution >= 4 is 109 Å². The van der Waals surface area contributed by atoms with E-state index >= 15 is 0 Å². The van der Waals surface area contributed by atoms with Gasteiger partial charge in [0.1, 0.15) is 20.1 Å².